The van der Waals surface area contributed by atoms with Gasteiger partial charge in [-0.1, -0.05) is 13.3 Å². The predicted molar refractivity (Wildman–Crippen MR) is 48.7 cm³/mol. The summed E-state index contributed by atoms with van der Waals surface area (Å²) < 4.78 is 0. The standard InChI is InChI=1S/C9H18N2/c1-2-4-8-5-3-6-9(10)11-7-8/h8H,2-7H2,1H3,(H2,10,11). The molecule has 0 saturated carbocycles. The molecule has 0 fully saturated rings. The number of aliphatic imine (C=N–C) groups is 1. The lowest BCUT2D eigenvalue weighted by Crippen LogP contribution is -2.10. The van der Waals surface area contributed by atoms with Gasteiger partial charge in [-0.05, 0) is 25.2 Å². The molecule has 0 radical (unpaired) electrons. The molecular weight excluding hydrogens is 136 g/mol. The molecule has 11 heavy (non-hydrogen) atoms. The molecule has 1 aliphatic rings. The first-order chi connectivity index (χ1) is 5.33. The third-order valence-corrected chi connectivity index (χ3v) is 2.29. The fraction of sp³-hybridized carbons (Fsp3) is 0.889. The summed E-state index contributed by atoms with van der Waals surface area (Å²) in [5.41, 5.74) is 5.64. The van der Waals surface area contributed by atoms with Crippen LogP contribution >= 0.6 is 0 Å². The van der Waals surface area contributed by atoms with E-state index in [4.69, 9.17) is 5.73 Å². The van der Waals surface area contributed by atoms with Gasteiger partial charge in [0.15, 0.2) is 0 Å². The molecule has 0 spiro atoms. The summed E-state index contributed by atoms with van der Waals surface area (Å²) in [5, 5.41) is 0. The monoisotopic (exact) mass is 154 g/mol. The van der Waals surface area contributed by atoms with Crippen LogP contribution in [0.3, 0.4) is 0 Å². The number of amidine groups is 1. The van der Waals surface area contributed by atoms with E-state index >= 15 is 0 Å². The molecule has 2 nitrogen and oxygen atoms in total. The van der Waals surface area contributed by atoms with E-state index in [1.807, 2.05) is 0 Å². The number of hydrogen-bond donors (Lipinski definition) is 1. The van der Waals surface area contributed by atoms with Gasteiger partial charge >= 0.3 is 0 Å². The van der Waals surface area contributed by atoms with Gasteiger partial charge in [-0.15, -0.1) is 0 Å². The molecule has 1 unspecified atom stereocenters. The van der Waals surface area contributed by atoms with Gasteiger partial charge in [-0.2, -0.15) is 0 Å². The summed E-state index contributed by atoms with van der Waals surface area (Å²) in [6.07, 6.45) is 6.16. The topological polar surface area (TPSA) is 38.4 Å². The van der Waals surface area contributed by atoms with E-state index in [2.05, 4.69) is 11.9 Å². The van der Waals surface area contributed by atoms with Crippen LogP contribution in [0, 0.1) is 5.92 Å². The Morgan fingerprint density at radius 2 is 2.45 bits per heavy atom. The van der Waals surface area contributed by atoms with Crippen LogP contribution in [0.15, 0.2) is 4.99 Å². The average molecular weight is 154 g/mol. The average Bonchev–Trinajstić information content (AvgIpc) is 2.17. The van der Waals surface area contributed by atoms with Crippen molar-refractivity contribution in [1.82, 2.24) is 0 Å². The number of hydrogen-bond acceptors (Lipinski definition) is 2. The molecule has 2 heteroatoms. The van der Waals surface area contributed by atoms with Gasteiger partial charge in [0.25, 0.3) is 0 Å². The van der Waals surface area contributed by atoms with E-state index < -0.39 is 0 Å². The first-order valence-electron chi connectivity index (χ1n) is 4.61. The highest BCUT2D eigenvalue weighted by Gasteiger charge is 2.10. The Kier molecular flexibility index (Phi) is 3.40. The Morgan fingerprint density at radius 1 is 1.64 bits per heavy atom. The van der Waals surface area contributed by atoms with Crippen LogP contribution in [0.4, 0.5) is 0 Å². The summed E-state index contributed by atoms with van der Waals surface area (Å²) in [7, 11) is 0. The largest absolute Gasteiger partial charge is 0.387 e. The third kappa shape index (κ3) is 2.91. The van der Waals surface area contributed by atoms with Gasteiger partial charge in [0.1, 0.15) is 0 Å². The van der Waals surface area contributed by atoms with Crippen LogP contribution in [0.25, 0.3) is 0 Å². The summed E-state index contributed by atoms with van der Waals surface area (Å²) in [5.74, 6) is 1.67. The Bertz CT molecular complexity index is 140. The van der Waals surface area contributed by atoms with Gasteiger partial charge in [0.2, 0.25) is 0 Å². The molecule has 0 saturated heterocycles. The van der Waals surface area contributed by atoms with Gasteiger partial charge < -0.3 is 5.73 Å². The van der Waals surface area contributed by atoms with Crippen molar-refractivity contribution in [2.45, 2.75) is 39.0 Å². The van der Waals surface area contributed by atoms with Crippen LogP contribution < -0.4 is 5.73 Å². The summed E-state index contributed by atoms with van der Waals surface area (Å²) >= 11 is 0. The van der Waals surface area contributed by atoms with Crippen molar-refractivity contribution in [1.29, 1.82) is 0 Å². The van der Waals surface area contributed by atoms with Crippen molar-refractivity contribution in [3.8, 4) is 0 Å². The van der Waals surface area contributed by atoms with Crippen LogP contribution in [0.1, 0.15) is 39.0 Å². The first kappa shape index (κ1) is 8.57. The predicted octanol–water partition coefficient (Wildman–Crippen LogP) is 1.94. The summed E-state index contributed by atoms with van der Waals surface area (Å²) in [6, 6.07) is 0. The lowest BCUT2D eigenvalue weighted by Gasteiger charge is -2.09. The highest BCUT2D eigenvalue weighted by molar-refractivity contribution is 5.80. The van der Waals surface area contributed by atoms with Crippen LogP contribution in [-0.2, 0) is 0 Å². The van der Waals surface area contributed by atoms with Crippen molar-refractivity contribution >= 4 is 5.84 Å². The molecule has 0 amide bonds. The summed E-state index contributed by atoms with van der Waals surface area (Å²) in [4.78, 5) is 4.32. The highest BCUT2D eigenvalue weighted by atomic mass is 14.9. The van der Waals surface area contributed by atoms with E-state index in [9.17, 15) is 0 Å². The molecule has 1 heterocycles. The van der Waals surface area contributed by atoms with Gasteiger partial charge in [0, 0.05) is 13.0 Å². The molecule has 0 aromatic rings. The van der Waals surface area contributed by atoms with Crippen molar-refractivity contribution in [2.24, 2.45) is 16.6 Å². The smallest absolute Gasteiger partial charge is 0.0937 e. The zero-order valence-electron chi connectivity index (χ0n) is 7.34. The maximum atomic E-state index is 5.64. The van der Waals surface area contributed by atoms with Crippen molar-refractivity contribution < 1.29 is 0 Å². The molecule has 1 aliphatic heterocycles. The first-order valence-corrected chi connectivity index (χ1v) is 4.61. The van der Waals surface area contributed by atoms with E-state index in [1.165, 1.54) is 25.7 Å². The lowest BCUT2D eigenvalue weighted by molar-refractivity contribution is 0.455. The molecule has 0 aromatic heterocycles. The van der Waals surface area contributed by atoms with Crippen LogP contribution in [0.5, 0.6) is 0 Å². The number of nitrogens with zero attached hydrogens (tertiary/aromatic N) is 1. The van der Waals surface area contributed by atoms with Crippen LogP contribution in [0.2, 0.25) is 0 Å². The SMILES string of the molecule is CCCC1CCCC(N)=NC1. The van der Waals surface area contributed by atoms with Gasteiger partial charge in [-0.25, -0.2) is 0 Å². The van der Waals surface area contributed by atoms with Gasteiger partial charge in [-0.3, -0.25) is 4.99 Å². The molecule has 64 valence electrons. The zero-order chi connectivity index (χ0) is 8.10. The van der Waals surface area contributed by atoms with Crippen molar-refractivity contribution in [3.63, 3.8) is 0 Å². The minimum absolute atomic E-state index is 0.807. The molecule has 1 atom stereocenters. The molecular formula is C9H18N2. The molecule has 2 N–H and O–H groups in total. The van der Waals surface area contributed by atoms with E-state index in [0.29, 0.717) is 0 Å². The number of rotatable bonds is 2. The molecule has 0 aromatic carbocycles. The lowest BCUT2D eigenvalue weighted by atomic mass is 9.98. The minimum atomic E-state index is 0.807. The Morgan fingerprint density at radius 3 is 3.18 bits per heavy atom. The normalized spacial score (nSPS) is 25.9. The maximum Gasteiger partial charge on any atom is 0.0937 e. The molecule has 1 rings (SSSR count). The minimum Gasteiger partial charge on any atom is -0.387 e. The quantitative estimate of drug-likeness (QED) is 0.648. The molecule has 0 bridgehead atoms. The van der Waals surface area contributed by atoms with Crippen molar-refractivity contribution in [2.75, 3.05) is 6.54 Å². The van der Waals surface area contributed by atoms with Crippen LogP contribution in [-0.4, -0.2) is 12.4 Å². The van der Waals surface area contributed by atoms with E-state index in [0.717, 1.165) is 24.7 Å². The fourth-order valence-electron chi connectivity index (χ4n) is 1.63. The summed E-state index contributed by atoms with van der Waals surface area (Å²) in [6.45, 7) is 3.21. The second-order valence-corrected chi connectivity index (χ2v) is 3.38. The third-order valence-electron chi connectivity index (χ3n) is 2.29. The molecule has 0 aliphatic carbocycles. The highest BCUT2D eigenvalue weighted by Crippen LogP contribution is 2.17. The fourth-order valence-corrected chi connectivity index (χ4v) is 1.63. The second-order valence-electron chi connectivity index (χ2n) is 3.38. The Balaban J connectivity index is 2.34. The Labute approximate surface area is 68.9 Å². The van der Waals surface area contributed by atoms with E-state index in [-0.39, 0.29) is 0 Å². The van der Waals surface area contributed by atoms with E-state index in [1.54, 1.807) is 0 Å². The zero-order valence-corrected chi connectivity index (χ0v) is 7.34. The van der Waals surface area contributed by atoms with Crippen molar-refractivity contribution in [3.05, 3.63) is 0 Å². The Hall–Kier alpha value is -0.530. The maximum absolute atomic E-state index is 5.64. The second kappa shape index (κ2) is 4.37. The van der Waals surface area contributed by atoms with Gasteiger partial charge in [0.05, 0.1) is 5.84 Å². The number of nitrogens with two attached hydrogens (primary N) is 1.